The summed E-state index contributed by atoms with van der Waals surface area (Å²) in [5, 5.41) is 11.5. The summed E-state index contributed by atoms with van der Waals surface area (Å²) in [6.45, 7) is 3.04. The standard InChI is InChI=1S/C11H15N3O5S/c1-3-12-20(18,19)14-10-5-4-8(13-7(2)15)6-9(10)11(16)17/h4-6,12,14H,3H2,1-2H3,(H,13,15)(H,16,17). The Kier molecular flexibility index (Phi) is 5.06. The third-order valence-electron chi connectivity index (χ3n) is 2.15. The van der Waals surface area contributed by atoms with E-state index in [0.717, 1.165) is 0 Å². The molecule has 1 aromatic rings. The molecule has 0 fully saturated rings. The second-order valence-electron chi connectivity index (χ2n) is 3.85. The molecule has 110 valence electrons. The van der Waals surface area contributed by atoms with Gasteiger partial charge in [-0.3, -0.25) is 9.52 Å². The van der Waals surface area contributed by atoms with Crippen LogP contribution in [-0.2, 0) is 15.0 Å². The van der Waals surface area contributed by atoms with Gasteiger partial charge in [-0.1, -0.05) is 6.92 Å². The molecule has 0 bridgehead atoms. The predicted molar refractivity (Wildman–Crippen MR) is 73.9 cm³/mol. The van der Waals surface area contributed by atoms with Gasteiger partial charge in [0.2, 0.25) is 5.91 Å². The van der Waals surface area contributed by atoms with Crippen molar-refractivity contribution in [2.24, 2.45) is 0 Å². The van der Waals surface area contributed by atoms with Gasteiger partial charge in [-0.2, -0.15) is 13.1 Å². The van der Waals surface area contributed by atoms with Crippen LogP contribution < -0.4 is 14.8 Å². The Labute approximate surface area is 116 Å². The summed E-state index contributed by atoms with van der Waals surface area (Å²) in [5.74, 6) is -1.67. The minimum Gasteiger partial charge on any atom is -0.478 e. The highest BCUT2D eigenvalue weighted by molar-refractivity contribution is 7.90. The van der Waals surface area contributed by atoms with E-state index in [1.54, 1.807) is 6.92 Å². The van der Waals surface area contributed by atoms with Gasteiger partial charge in [0.05, 0.1) is 11.3 Å². The summed E-state index contributed by atoms with van der Waals surface area (Å²) in [6, 6.07) is 3.84. The molecule has 1 rings (SSSR count). The predicted octanol–water partition coefficient (Wildman–Crippen LogP) is 0.609. The largest absolute Gasteiger partial charge is 0.478 e. The molecule has 0 radical (unpaired) electrons. The van der Waals surface area contributed by atoms with E-state index < -0.39 is 16.2 Å². The lowest BCUT2D eigenvalue weighted by Gasteiger charge is -2.12. The molecule has 0 aliphatic carbocycles. The highest BCUT2D eigenvalue weighted by Gasteiger charge is 2.16. The van der Waals surface area contributed by atoms with Gasteiger partial charge < -0.3 is 10.4 Å². The summed E-state index contributed by atoms with van der Waals surface area (Å²) in [5.41, 5.74) is -0.0911. The molecule has 0 spiro atoms. The van der Waals surface area contributed by atoms with Gasteiger partial charge in [0, 0.05) is 19.2 Å². The summed E-state index contributed by atoms with van der Waals surface area (Å²) in [7, 11) is -3.83. The van der Waals surface area contributed by atoms with E-state index in [1.807, 2.05) is 0 Å². The molecule has 0 unspecified atom stereocenters. The minimum atomic E-state index is -3.83. The van der Waals surface area contributed by atoms with Crippen LogP contribution in [0.5, 0.6) is 0 Å². The Hall–Kier alpha value is -2.13. The summed E-state index contributed by atoms with van der Waals surface area (Å²) in [4.78, 5) is 22.0. The Morgan fingerprint density at radius 1 is 1.30 bits per heavy atom. The SMILES string of the molecule is CCNS(=O)(=O)Nc1ccc(NC(C)=O)cc1C(=O)O. The summed E-state index contributed by atoms with van der Waals surface area (Å²) < 4.78 is 27.4. The van der Waals surface area contributed by atoms with Gasteiger partial charge in [0.25, 0.3) is 10.2 Å². The smallest absolute Gasteiger partial charge is 0.337 e. The number of carboxylic acid groups (broad SMARTS) is 1. The second-order valence-corrected chi connectivity index (χ2v) is 5.35. The average Bonchev–Trinajstić information content (AvgIpc) is 2.29. The van der Waals surface area contributed by atoms with Crippen LogP contribution in [0, 0.1) is 0 Å². The number of amides is 1. The molecular weight excluding hydrogens is 286 g/mol. The lowest BCUT2D eigenvalue weighted by molar-refractivity contribution is -0.114. The van der Waals surface area contributed by atoms with Crippen molar-refractivity contribution in [3.05, 3.63) is 23.8 Å². The molecule has 0 saturated carbocycles. The molecule has 1 aromatic carbocycles. The molecule has 8 nitrogen and oxygen atoms in total. The summed E-state index contributed by atoms with van der Waals surface area (Å²) in [6.07, 6.45) is 0. The van der Waals surface area contributed by atoms with Crippen LogP contribution in [0.3, 0.4) is 0 Å². The number of nitrogens with one attached hydrogen (secondary N) is 3. The minimum absolute atomic E-state index is 0.0902. The van der Waals surface area contributed by atoms with Crippen LogP contribution in [0.4, 0.5) is 11.4 Å². The van der Waals surface area contributed by atoms with E-state index in [9.17, 15) is 18.0 Å². The fourth-order valence-corrected chi connectivity index (χ4v) is 2.38. The van der Waals surface area contributed by atoms with Crippen molar-refractivity contribution in [2.45, 2.75) is 13.8 Å². The van der Waals surface area contributed by atoms with Crippen molar-refractivity contribution < 1.29 is 23.1 Å². The zero-order valence-corrected chi connectivity index (χ0v) is 11.7. The van der Waals surface area contributed by atoms with Gasteiger partial charge in [-0.05, 0) is 18.2 Å². The van der Waals surface area contributed by atoms with E-state index in [-0.39, 0.29) is 29.4 Å². The molecule has 1 amide bonds. The lowest BCUT2D eigenvalue weighted by atomic mass is 10.1. The molecule has 0 aliphatic heterocycles. The number of aromatic carboxylic acids is 1. The zero-order valence-electron chi connectivity index (χ0n) is 10.9. The maximum absolute atomic E-state index is 11.6. The Bertz CT molecular complexity index is 627. The van der Waals surface area contributed by atoms with Crippen LogP contribution in [0.1, 0.15) is 24.2 Å². The van der Waals surface area contributed by atoms with E-state index in [2.05, 4.69) is 14.8 Å². The van der Waals surface area contributed by atoms with Gasteiger partial charge in [0.15, 0.2) is 0 Å². The van der Waals surface area contributed by atoms with E-state index in [0.29, 0.717) is 0 Å². The number of anilines is 2. The van der Waals surface area contributed by atoms with Crippen molar-refractivity contribution in [1.82, 2.24) is 4.72 Å². The van der Waals surface area contributed by atoms with Crippen LogP contribution >= 0.6 is 0 Å². The Morgan fingerprint density at radius 3 is 2.45 bits per heavy atom. The van der Waals surface area contributed by atoms with E-state index in [1.165, 1.54) is 25.1 Å². The third kappa shape index (κ3) is 4.52. The Morgan fingerprint density at radius 2 is 1.95 bits per heavy atom. The first kappa shape index (κ1) is 15.9. The third-order valence-corrected chi connectivity index (χ3v) is 3.31. The van der Waals surface area contributed by atoms with Crippen molar-refractivity contribution in [2.75, 3.05) is 16.6 Å². The lowest BCUT2D eigenvalue weighted by Crippen LogP contribution is -2.30. The normalized spacial score (nSPS) is 10.9. The van der Waals surface area contributed by atoms with Gasteiger partial charge in [0.1, 0.15) is 0 Å². The summed E-state index contributed by atoms with van der Waals surface area (Å²) >= 11 is 0. The van der Waals surface area contributed by atoms with Crippen LogP contribution in [-0.4, -0.2) is 31.9 Å². The number of benzene rings is 1. The second kappa shape index (κ2) is 6.35. The zero-order chi connectivity index (χ0) is 15.3. The molecule has 0 aromatic heterocycles. The first-order chi connectivity index (χ1) is 9.25. The van der Waals surface area contributed by atoms with Crippen LogP contribution in [0.25, 0.3) is 0 Å². The first-order valence-electron chi connectivity index (χ1n) is 5.67. The fraction of sp³-hybridized carbons (Fsp3) is 0.273. The highest BCUT2D eigenvalue weighted by Crippen LogP contribution is 2.21. The molecule has 0 aliphatic rings. The van der Waals surface area contributed by atoms with Gasteiger partial charge >= 0.3 is 5.97 Å². The molecule has 0 atom stereocenters. The first-order valence-corrected chi connectivity index (χ1v) is 7.16. The molecule has 0 saturated heterocycles. The molecule has 20 heavy (non-hydrogen) atoms. The quantitative estimate of drug-likeness (QED) is 0.612. The number of carboxylic acids is 1. The van der Waals surface area contributed by atoms with Gasteiger partial charge in [-0.15, -0.1) is 0 Å². The fourth-order valence-electron chi connectivity index (χ4n) is 1.46. The average molecular weight is 301 g/mol. The van der Waals surface area contributed by atoms with E-state index >= 15 is 0 Å². The van der Waals surface area contributed by atoms with Crippen molar-refractivity contribution >= 4 is 33.5 Å². The highest BCUT2D eigenvalue weighted by atomic mass is 32.2. The van der Waals surface area contributed by atoms with Gasteiger partial charge in [-0.25, -0.2) is 4.79 Å². The molecule has 0 heterocycles. The molecule has 4 N–H and O–H groups in total. The van der Waals surface area contributed by atoms with Crippen LogP contribution in [0.15, 0.2) is 18.2 Å². The monoisotopic (exact) mass is 301 g/mol. The number of rotatable bonds is 6. The van der Waals surface area contributed by atoms with Crippen molar-refractivity contribution in [3.8, 4) is 0 Å². The van der Waals surface area contributed by atoms with Crippen LogP contribution in [0.2, 0.25) is 0 Å². The maximum Gasteiger partial charge on any atom is 0.337 e. The number of carbonyl (C=O) groups excluding carboxylic acids is 1. The number of hydrogen-bond acceptors (Lipinski definition) is 4. The topological polar surface area (TPSA) is 125 Å². The van der Waals surface area contributed by atoms with E-state index in [4.69, 9.17) is 5.11 Å². The number of carbonyl (C=O) groups is 2. The Balaban J connectivity index is 3.14. The maximum atomic E-state index is 11.6. The molecular formula is C11H15N3O5S. The molecule has 9 heteroatoms. The number of hydrogen-bond donors (Lipinski definition) is 4. The van der Waals surface area contributed by atoms with Crippen molar-refractivity contribution in [3.63, 3.8) is 0 Å². The van der Waals surface area contributed by atoms with Crippen molar-refractivity contribution in [1.29, 1.82) is 0 Å².